The number of aliphatic hydroxyl groups is 1. The molecule has 1 unspecified atom stereocenters. The molecule has 47 heavy (non-hydrogen) atoms. The number of aliphatic hydroxyl groups excluding tert-OH is 1. The first-order valence-electron chi connectivity index (χ1n) is 16.0. The van der Waals surface area contributed by atoms with Crippen molar-refractivity contribution < 1.29 is 38.5 Å². The van der Waals surface area contributed by atoms with Gasteiger partial charge in [-0.3, -0.25) is 9.59 Å². The van der Waals surface area contributed by atoms with Crippen LogP contribution in [0.15, 0.2) is 36.7 Å². The Kier molecular flexibility index (Phi) is 12.0. The van der Waals surface area contributed by atoms with Gasteiger partial charge in [0.1, 0.15) is 29.7 Å². The number of rotatable bonds is 15. The predicted molar refractivity (Wildman–Crippen MR) is 178 cm³/mol. The van der Waals surface area contributed by atoms with Gasteiger partial charge in [-0.25, -0.2) is 14.2 Å². The van der Waals surface area contributed by atoms with Crippen LogP contribution in [0.4, 0.5) is 9.18 Å². The standard InChI is InChI=1S/C33H46FN5O7Si/c1-22-20-39(21-45-16-17-47(2,3)4)29-28(22)27(10-13-35-29)46-26-9-8-23(18-24(26)34)19-25(37-32(43)44)30(41)38-33(11-6-5-7-12-33)31(42)36-14-15-40/h8-10,13,18,20,25,37,40H,5-7,11-12,14-17,19,21H2,1-4H3,(H,36,42)(H,38,41)(H,43,44). The average molecular weight is 672 g/mol. The molecule has 0 bridgehead atoms. The van der Waals surface area contributed by atoms with Gasteiger partial charge >= 0.3 is 6.09 Å². The van der Waals surface area contributed by atoms with Crippen LogP contribution in [0.25, 0.3) is 11.0 Å². The van der Waals surface area contributed by atoms with Crippen LogP contribution in [0.2, 0.25) is 25.7 Å². The van der Waals surface area contributed by atoms with Gasteiger partial charge in [-0.05, 0) is 55.1 Å². The molecule has 4 rings (SSSR count). The second-order valence-electron chi connectivity index (χ2n) is 13.3. The smallest absolute Gasteiger partial charge is 0.405 e. The Hall–Kier alpha value is -4.01. The van der Waals surface area contributed by atoms with E-state index in [2.05, 4.69) is 40.6 Å². The van der Waals surface area contributed by atoms with Crippen LogP contribution in [-0.4, -0.2) is 77.1 Å². The molecule has 0 spiro atoms. The summed E-state index contributed by atoms with van der Waals surface area (Å²) in [5, 5.41) is 27.0. The van der Waals surface area contributed by atoms with Gasteiger partial charge in [0.15, 0.2) is 11.6 Å². The number of halogens is 1. The van der Waals surface area contributed by atoms with Crippen molar-refractivity contribution in [2.45, 2.75) is 89.4 Å². The quantitative estimate of drug-likeness (QED) is 0.115. The molecule has 12 nitrogen and oxygen atoms in total. The number of benzene rings is 1. The third-order valence-electron chi connectivity index (χ3n) is 8.31. The summed E-state index contributed by atoms with van der Waals surface area (Å²) in [6.45, 7) is 9.57. The number of carbonyl (C=O) groups excluding carboxylic acids is 2. The van der Waals surface area contributed by atoms with Crippen LogP contribution >= 0.6 is 0 Å². The molecule has 1 aliphatic rings. The molecule has 1 fully saturated rings. The number of fused-ring (bicyclic) bond motifs is 1. The first kappa shape index (κ1) is 35.8. The van der Waals surface area contributed by atoms with E-state index >= 15 is 4.39 Å². The predicted octanol–water partition coefficient (Wildman–Crippen LogP) is 4.69. The zero-order valence-electron chi connectivity index (χ0n) is 27.5. The van der Waals surface area contributed by atoms with Gasteiger partial charge in [0.2, 0.25) is 11.8 Å². The van der Waals surface area contributed by atoms with Crippen LogP contribution < -0.4 is 20.7 Å². The van der Waals surface area contributed by atoms with Gasteiger partial charge in [0.05, 0.1) is 12.0 Å². The number of nitrogens with one attached hydrogen (secondary N) is 3. The minimum absolute atomic E-state index is 0.0323. The molecular weight excluding hydrogens is 625 g/mol. The molecular formula is C33H46FN5O7Si. The maximum atomic E-state index is 15.4. The lowest BCUT2D eigenvalue weighted by atomic mass is 9.80. The lowest BCUT2D eigenvalue weighted by Gasteiger charge is -2.37. The van der Waals surface area contributed by atoms with Crippen LogP contribution in [0.3, 0.4) is 0 Å². The summed E-state index contributed by atoms with van der Waals surface area (Å²) >= 11 is 0. The molecule has 0 aliphatic heterocycles. The van der Waals surface area contributed by atoms with Crippen molar-refractivity contribution in [2.24, 2.45) is 0 Å². The average Bonchev–Trinajstić information content (AvgIpc) is 3.34. The summed E-state index contributed by atoms with van der Waals surface area (Å²) in [6, 6.07) is 5.61. The molecule has 3 aromatic rings. The molecule has 1 atom stereocenters. The van der Waals surface area contributed by atoms with Gasteiger partial charge in [-0.15, -0.1) is 0 Å². The first-order chi connectivity index (χ1) is 22.3. The van der Waals surface area contributed by atoms with E-state index in [9.17, 15) is 19.5 Å². The van der Waals surface area contributed by atoms with E-state index in [-0.39, 0.29) is 25.3 Å². The number of hydrogen-bond acceptors (Lipinski definition) is 7. The highest BCUT2D eigenvalue weighted by atomic mass is 28.3. The Bertz CT molecular complexity index is 1570. The van der Waals surface area contributed by atoms with Crippen LogP contribution in [0, 0.1) is 12.7 Å². The van der Waals surface area contributed by atoms with E-state index < -0.39 is 43.4 Å². The molecule has 0 saturated heterocycles. The molecule has 1 saturated carbocycles. The fourth-order valence-corrected chi connectivity index (χ4v) is 6.56. The molecule has 0 radical (unpaired) electrons. The van der Waals surface area contributed by atoms with E-state index in [0.717, 1.165) is 23.4 Å². The number of amides is 3. The lowest BCUT2D eigenvalue weighted by molar-refractivity contribution is -0.136. The van der Waals surface area contributed by atoms with Crippen molar-refractivity contribution in [2.75, 3.05) is 19.8 Å². The fourth-order valence-electron chi connectivity index (χ4n) is 5.80. The zero-order valence-corrected chi connectivity index (χ0v) is 28.5. The zero-order chi connectivity index (χ0) is 34.2. The van der Waals surface area contributed by atoms with E-state index in [1.807, 2.05) is 17.7 Å². The first-order valence-corrected chi connectivity index (χ1v) is 19.7. The number of pyridine rings is 1. The Morgan fingerprint density at radius 1 is 1.13 bits per heavy atom. The lowest BCUT2D eigenvalue weighted by Crippen LogP contribution is -2.63. The molecule has 256 valence electrons. The number of carboxylic acid groups (broad SMARTS) is 1. The highest BCUT2D eigenvalue weighted by molar-refractivity contribution is 6.76. The molecule has 2 heterocycles. The van der Waals surface area contributed by atoms with Crippen LogP contribution in [-0.2, 0) is 27.5 Å². The largest absolute Gasteiger partial charge is 0.465 e. The second kappa shape index (κ2) is 15.7. The van der Waals surface area contributed by atoms with Crippen molar-refractivity contribution in [3.05, 3.63) is 53.6 Å². The van der Waals surface area contributed by atoms with Gasteiger partial charge in [0, 0.05) is 40.0 Å². The topological polar surface area (TPSA) is 164 Å². The fraction of sp³-hybridized carbons (Fsp3) is 0.515. The summed E-state index contributed by atoms with van der Waals surface area (Å²) in [7, 11) is -1.23. The number of hydrogen-bond donors (Lipinski definition) is 5. The summed E-state index contributed by atoms with van der Waals surface area (Å²) in [4.78, 5) is 42.5. The molecule has 3 amide bonds. The van der Waals surface area contributed by atoms with Crippen LogP contribution in [0.1, 0.15) is 43.2 Å². The maximum Gasteiger partial charge on any atom is 0.405 e. The third-order valence-corrected chi connectivity index (χ3v) is 10.0. The van der Waals surface area contributed by atoms with Crippen molar-refractivity contribution in [1.82, 2.24) is 25.5 Å². The van der Waals surface area contributed by atoms with E-state index in [4.69, 9.17) is 14.6 Å². The minimum Gasteiger partial charge on any atom is -0.465 e. The van der Waals surface area contributed by atoms with E-state index in [0.29, 0.717) is 56.0 Å². The van der Waals surface area contributed by atoms with Crippen molar-refractivity contribution >= 4 is 37.0 Å². The monoisotopic (exact) mass is 671 g/mol. The molecule has 1 aliphatic carbocycles. The van der Waals surface area contributed by atoms with Gasteiger partial charge < -0.3 is 40.2 Å². The summed E-state index contributed by atoms with van der Waals surface area (Å²) in [5.41, 5.74) is 0.672. The van der Waals surface area contributed by atoms with E-state index in [1.165, 1.54) is 12.1 Å². The Morgan fingerprint density at radius 3 is 2.53 bits per heavy atom. The molecule has 14 heteroatoms. The Morgan fingerprint density at radius 2 is 1.87 bits per heavy atom. The Balaban J connectivity index is 1.49. The van der Waals surface area contributed by atoms with Gasteiger partial charge in [-0.1, -0.05) is 45.0 Å². The highest BCUT2D eigenvalue weighted by Crippen LogP contribution is 2.34. The van der Waals surface area contributed by atoms with Crippen molar-refractivity contribution in [3.8, 4) is 11.5 Å². The summed E-state index contributed by atoms with van der Waals surface area (Å²) in [6.07, 6.45) is 4.99. The molecule has 2 aromatic heterocycles. The maximum absolute atomic E-state index is 15.4. The van der Waals surface area contributed by atoms with Crippen LogP contribution in [0.5, 0.6) is 11.5 Å². The SMILES string of the molecule is Cc1cn(COCC[Si](C)(C)C)c2nccc(Oc3ccc(CC(NC(=O)O)C(=O)NC4(C(=O)NCCO)CCCCC4)cc3F)c12. The number of carbonyl (C=O) groups is 3. The number of aromatic nitrogens is 2. The van der Waals surface area contributed by atoms with Gasteiger partial charge in [-0.2, -0.15) is 0 Å². The van der Waals surface area contributed by atoms with E-state index in [1.54, 1.807) is 18.3 Å². The highest BCUT2D eigenvalue weighted by Gasteiger charge is 2.42. The normalized spacial score (nSPS) is 15.2. The number of aryl methyl sites for hydroxylation is 1. The van der Waals surface area contributed by atoms with Crippen molar-refractivity contribution in [3.63, 3.8) is 0 Å². The number of ether oxygens (including phenoxy) is 2. The molecule has 1 aromatic carbocycles. The molecule has 5 N–H and O–H groups in total. The minimum atomic E-state index is -1.43. The Labute approximate surface area is 275 Å². The summed E-state index contributed by atoms with van der Waals surface area (Å²) in [5.74, 6) is -1.44. The van der Waals surface area contributed by atoms with Crippen molar-refractivity contribution in [1.29, 1.82) is 0 Å². The number of nitrogens with zero attached hydrogens (tertiary/aromatic N) is 2. The summed E-state index contributed by atoms with van der Waals surface area (Å²) < 4.78 is 29.3. The second-order valence-corrected chi connectivity index (χ2v) is 18.9. The van der Waals surface area contributed by atoms with Gasteiger partial charge in [0.25, 0.3) is 0 Å². The third kappa shape index (κ3) is 9.52.